The highest BCUT2D eigenvalue weighted by Crippen LogP contribution is 2.28. The fourth-order valence-corrected chi connectivity index (χ4v) is 3.94. The van der Waals surface area contributed by atoms with Crippen LogP contribution in [0, 0.1) is 0 Å². The Bertz CT molecular complexity index is 962. The maximum Gasteiger partial charge on any atom is 0.337 e. The molecule has 1 saturated heterocycles. The first kappa shape index (κ1) is 24.5. The average molecular weight is 457 g/mol. The van der Waals surface area contributed by atoms with E-state index in [0.29, 0.717) is 29.2 Å². The van der Waals surface area contributed by atoms with Gasteiger partial charge in [0.1, 0.15) is 12.7 Å². The second-order valence-corrected chi connectivity index (χ2v) is 8.22. The van der Waals surface area contributed by atoms with Gasteiger partial charge in [0.25, 0.3) is 0 Å². The minimum absolute atomic E-state index is 0.0487. The molecular formula is C25H32N2O6. The summed E-state index contributed by atoms with van der Waals surface area (Å²) in [5.74, 6) is 0.570. The topological polar surface area (TPSA) is 88.5 Å². The number of Topliss-reactive ketones (excluding diaryl/α,β-unsaturated/α-hetero) is 1. The van der Waals surface area contributed by atoms with Gasteiger partial charge < -0.3 is 24.2 Å². The summed E-state index contributed by atoms with van der Waals surface area (Å²) >= 11 is 0. The van der Waals surface area contributed by atoms with Gasteiger partial charge in [-0.15, -0.1) is 0 Å². The molecule has 178 valence electrons. The van der Waals surface area contributed by atoms with Crippen LogP contribution in [0.2, 0.25) is 0 Å². The van der Waals surface area contributed by atoms with Gasteiger partial charge in [-0.25, -0.2) is 4.79 Å². The fourth-order valence-electron chi connectivity index (χ4n) is 3.94. The number of piperazine rings is 1. The van der Waals surface area contributed by atoms with Gasteiger partial charge in [0.2, 0.25) is 0 Å². The van der Waals surface area contributed by atoms with E-state index in [1.807, 2.05) is 12.1 Å². The number of aliphatic hydroxyl groups excluding tert-OH is 1. The van der Waals surface area contributed by atoms with Crippen LogP contribution in [0.15, 0.2) is 42.5 Å². The van der Waals surface area contributed by atoms with Crippen molar-refractivity contribution in [3.63, 3.8) is 0 Å². The number of aliphatic hydroxyl groups is 1. The number of benzene rings is 2. The molecule has 1 aliphatic rings. The molecule has 1 aliphatic heterocycles. The van der Waals surface area contributed by atoms with Crippen LogP contribution in [-0.2, 0) is 4.74 Å². The van der Waals surface area contributed by atoms with Gasteiger partial charge in [0.15, 0.2) is 17.3 Å². The van der Waals surface area contributed by atoms with E-state index >= 15 is 0 Å². The van der Waals surface area contributed by atoms with Gasteiger partial charge in [-0.3, -0.25) is 9.69 Å². The van der Waals surface area contributed by atoms with Crippen LogP contribution >= 0.6 is 0 Å². The minimum Gasteiger partial charge on any atom is -0.493 e. The summed E-state index contributed by atoms with van der Waals surface area (Å²) in [6.07, 6.45) is -0.671. The lowest BCUT2D eigenvalue weighted by Gasteiger charge is -2.41. The minimum atomic E-state index is -0.671. The number of rotatable bonds is 9. The first-order valence-electron chi connectivity index (χ1n) is 11.0. The van der Waals surface area contributed by atoms with Crippen molar-refractivity contribution in [3.8, 4) is 11.5 Å². The number of methoxy groups -OCH3 is 2. The van der Waals surface area contributed by atoms with Crippen LogP contribution in [0.1, 0.15) is 34.6 Å². The molecule has 0 saturated carbocycles. The molecule has 2 aromatic rings. The molecule has 2 unspecified atom stereocenters. The summed E-state index contributed by atoms with van der Waals surface area (Å²) in [7, 11) is 2.89. The average Bonchev–Trinajstić information content (AvgIpc) is 2.83. The summed E-state index contributed by atoms with van der Waals surface area (Å²) in [6.45, 7) is 6.67. The molecule has 2 atom stereocenters. The Kier molecular flexibility index (Phi) is 8.30. The number of ketones is 1. The molecule has 0 aliphatic carbocycles. The Morgan fingerprint density at radius 3 is 2.36 bits per heavy atom. The quantitative estimate of drug-likeness (QED) is 0.455. The van der Waals surface area contributed by atoms with Gasteiger partial charge >= 0.3 is 5.97 Å². The number of β-amino-alcohol motifs (C(OH)–C–C–N with tert-alkyl or cyclic N) is 1. The molecular weight excluding hydrogens is 424 g/mol. The van der Waals surface area contributed by atoms with Crippen LogP contribution < -0.4 is 14.4 Å². The van der Waals surface area contributed by atoms with E-state index < -0.39 is 6.10 Å². The van der Waals surface area contributed by atoms with Crippen LogP contribution in [0.4, 0.5) is 5.69 Å². The molecule has 1 heterocycles. The number of hydrogen-bond donors (Lipinski definition) is 1. The maximum absolute atomic E-state index is 11.6. The first-order valence-corrected chi connectivity index (χ1v) is 11.0. The molecule has 0 spiro atoms. The second kappa shape index (κ2) is 11.2. The van der Waals surface area contributed by atoms with Gasteiger partial charge in [0, 0.05) is 43.5 Å². The van der Waals surface area contributed by atoms with Crippen molar-refractivity contribution in [1.82, 2.24) is 4.90 Å². The van der Waals surface area contributed by atoms with E-state index in [1.165, 1.54) is 21.1 Å². The normalized spacial score (nSPS) is 17.4. The summed E-state index contributed by atoms with van der Waals surface area (Å²) in [5.41, 5.74) is 2.13. The number of hydrogen-bond acceptors (Lipinski definition) is 8. The van der Waals surface area contributed by atoms with Crippen molar-refractivity contribution in [3.05, 3.63) is 53.6 Å². The Balaban J connectivity index is 1.51. The molecule has 0 amide bonds. The first-order chi connectivity index (χ1) is 15.8. The van der Waals surface area contributed by atoms with Crippen molar-refractivity contribution >= 4 is 17.4 Å². The third-order valence-electron chi connectivity index (χ3n) is 5.87. The molecule has 0 bridgehead atoms. The number of esters is 1. The lowest BCUT2D eigenvalue weighted by atomic mass is 10.1. The third-order valence-corrected chi connectivity index (χ3v) is 5.87. The zero-order valence-electron chi connectivity index (χ0n) is 19.6. The van der Waals surface area contributed by atoms with Crippen LogP contribution in [0.5, 0.6) is 11.5 Å². The zero-order chi connectivity index (χ0) is 24.0. The summed E-state index contributed by atoms with van der Waals surface area (Å²) < 4.78 is 15.8. The molecule has 3 rings (SSSR count). The van der Waals surface area contributed by atoms with Crippen molar-refractivity contribution < 1.29 is 28.9 Å². The number of nitrogens with zero attached hydrogens (tertiary/aromatic N) is 2. The summed E-state index contributed by atoms with van der Waals surface area (Å²) in [4.78, 5) is 27.7. The van der Waals surface area contributed by atoms with E-state index in [1.54, 1.807) is 30.3 Å². The molecule has 1 N–H and O–H groups in total. The Morgan fingerprint density at radius 2 is 1.76 bits per heavy atom. The number of carbonyl (C=O) groups is 2. The molecule has 0 aromatic heterocycles. The predicted molar refractivity (Wildman–Crippen MR) is 126 cm³/mol. The second-order valence-electron chi connectivity index (χ2n) is 8.22. The van der Waals surface area contributed by atoms with Crippen molar-refractivity contribution in [2.24, 2.45) is 0 Å². The van der Waals surface area contributed by atoms with E-state index in [2.05, 4.69) is 16.7 Å². The van der Waals surface area contributed by atoms with Crippen LogP contribution in [0.3, 0.4) is 0 Å². The summed E-state index contributed by atoms with van der Waals surface area (Å²) in [6, 6.07) is 12.7. The summed E-state index contributed by atoms with van der Waals surface area (Å²) in [5, 5.41) is 10.6. The molecule has 1 fully saturated rings. The van der Waals surface area contributed by atoms with Gasteiger partial charge in [-0.1, -0.05) is 0 Å². The fraction of sp³-hybridized carbons (Fsp3) is 0.440. The zero-order valence-corrected chi connectivity index (χ0v) is 19.6. The number of anilines is 1. The van der Waals surface area contributed by atoms with Crippen molar-refractivity contribution in [2.75, 3.05) is 51.9 Å². The molecule has 33 heavy (non-hydrogen) atoms. The monoisotopic (exact) mass is 456 g/mol. The smallest absolute Gasteiger partial charge is 0.337 e. The van der Waals surface area contributed by atoms with E-state index in [0.717, 1.165) is 25.3 Å². The molecule has 8 heteroatoms. The van der Waals surface area contributed by atoms with Crippen molar-refractivity contribution in [2.45, 2.75) is 26.0 Å². The Morgan fingerprint density at radius 1 is 1.06 bits per heavy atom. The lowest BCUT2D eigenvalue weighted by Crippen LogP contribution is -2.54. The molecule has 2 aromatic carbocycles. The van der Waals surface area contributed by atoms with E-state index in [4.69, 9.17) is 14.2 Å². The van der Waals surface area contributed by atoms with Gasteiger partial charge in [-0.2, -0.15) is 0 Å². The van der Waals surface area contributed by atoms with Crippen molar-refractivity contribution in [1.29, 1.82) is 0 Å². The Hall–Kier alpha value is -3.10. The standard InChI is InChI=1S/C25H32N2O6/c1-17-14-27(21-8-5-19(6-9-21)25(30)32-4)12-11-26(17)15-22(29)16-33-23-10-7-20(18(2)28)13-24(23)31-3/h5-10,13,17,22,29H,11-12,14-16H2,1-4H3. The third kappa shape index (κ3) is 6.24. The molecule has 8 nitrogen and oxygen atoms in total. The highest BCUT2D eigenvalue weighted by atomic mass is 16.5. The lowest BCUT2D eigenvalue weighted by molar-refractivity contribution is 0.0505. The Labute approximate surface area is 194 Å². The number of ether oxygens (including phenoxy) is 3. The van der Waals surface area contributed by atoms with E-state index in [-0.39, 0.29) is 24.4 Å². The SMILES string of the molecule is COC(=O)c1ccc(N2CCN(CC(O)COc3ccc(C(C)=O)cc3OC)C(C)C2)cc1. The molecule has 0 radical (unpaired) electrons. The van der Waals surface area contributed by atoms with Gasteiger partial charge in [0.05, 0.1) is 19.8 Å². The van der Waals surface area contributed by atoms with Gasteiger partial charge in [-0.05, 0) is 56.3 Å². The van der Waals surface area contributed by atoms with Crippen LogP contribution in [-0.4, -0.2) is 80.9 Å². The maximum atomic E-state index is 11.6. The largest absolute Gasteiger partial charge is 0.493 e. The predicted octanol–water partition coefficient (Wildman–Crippen LogP) is 2.63. The highest BCUT2D eigenvalue weighted by Gasteiger charge is 2.26. The number of carbonyl (C=O) groups excluding carboxylic acids is 2. The van der Waals surface area contributed by atoms with Crippen LogP contribution in [0.25, 0.3) is 0 Å². The van der Waals surface area contributed by atoms with E-state index in [9.17, 15) is 14.7 Å². The highest BCUT2D eigenvalue weighted by molar-refractivity contribution is 5.94.